The quantitative estimate of drug-likeness (QED) is 0.420. The first-order chi connectivity index (χ1) is 18.2. The standard InChI is InChI=1S/C28H32N8O/c1-21-27(31-32-36(21)25-8-4-7-23-18-29-12-10-24(23)25)28(37)35-13-5-6-22(20-35)19-33-14-16-34(17-15-33)26-9-2-3-11-30-26/h2-4,7-12,18,22H,5-6,13-17,19-20H2,1H3. The Morgan fingerprint density at radius 1 is 1.00 bits per heavy atom. The third kappa shape index (κ3) is 4.79. The molecule has 4 aromatic rings. The Hall–Kier alpha value is -3.85. The number of fused-ring (bicyclic) bond motifs is 1. The van der Waals surface area contributed by atoms with E-state index >= 15 is 0 Å². The molecule has 0 bridgehead atoms. The predicted molar refractivity (Wildman–Crippen MR) is 143 cm³/mol. The van der Waals surface area contributed by atoms with Gasteiger partial charge in [0.1, 0.15) is 5.82 Å². The Labute approximate surface area is 216 Å². The first kappa shape index (κ1) is 23.5. The topological polar surface area (TPSA) is 83.3 Å². The number of rotatable bonds is 5. The van der Waals surface area contributed by atoms with Crippen molar-refractivity contribution in [3.8, 4) is 5.69 Å². The van der Waals surface area contributed by atoms with Crippen LogP contribution in [0, 0.1) is 12.8 Å². The highest BCUT2D eigenvalue weighted by Crippen LogP contribution is 2.25. The molecule has 9 nitrogen and oxygen atoms in total. The van der Waals surface area contributed by atoms with Crippen LogP contribution in [0.15, 0.2) is 61.1 Å². The largest absolute Gasteiger partial charge is 0.354 e. The second-order valence-electron chi connectivity index (χ2n) is 10.0. The number of benzene rings is 1. The third-order valence-corrected chi connectivity index (χ3v) is 7.65. The van der Waals surface area contributed by atoms with E-state index in [2.05, 4.69) is 36.1 Å². The van der Waals surface area contributed by atoms with Crippen LogP contribution in [0.4, 0.5) is 5.82 Å². The van der Waals surface area contributed by atoms with E-state index in [1.807, 2.05) is 60.6 Å². The molecular formula is C28H32N8O. The molecule has 0 N–H and O–H groups in total. The minimum absolute atomic E-state index is 0.0182. The van der Waals surface area contributed by atoms with Gasteiger partial charge in [-0.25, -0.2) is 9.67 Å². The van der Waals surface area contributed by atoms with Crippen LogP contribution in [0.5, 0.6) is 0 Å². The van der Waals surface area contributed by atoms with E-state index in [1.165, 1.54) is 0 Å². The molecule has 37 heavy (non-hydrogen) atoms. The summed E-state index contributed by atoms with van der Waals surface area (Å²) in [4.78, 5) is 29.1. The van der Waals surface area contributed by atoms with Gasteiger partial charge in [0.25, 0.3) is 5.91 Å². The molecule has 2 aliphatic heterocycles. The van der Waals surface area contributed by atoms with Crippen LogP contribution in [-0.2, 0) is 0 Å². The lowest BCUT2D eigenvalue weighted by molar-refractivity contribution is 0.0630. The van der Waals surface area contributed by atoms with Gasteiger partial charge in [0.05, 0.1) is 11.4 Å². The lowest BCUT2D eigenvalue weighted by Gasteiger charge is -2.39. The van der Waals surface area contributed by atoms with E-state index in [9.17, 15) is 4.79 Å². The molecule has 1 aromatic carbocycles. The van der Waals surface area contributed by atoms with Gasteiger partial charge in [0, 0.05) is 75.2 Å². The molecule has 6 rings (SSSR count). The summed E-state index contributed by atoms with van der Waals surface area (Å²) >= 11 is 0. The normalized spacial score (nSPS) is 18.9. The van der Waals surface area contributed by atoms with Crippen LogP contribution in [0.25, 0.3) is 16.5 Å². The second-order valence-corrected chi connectivity index (χ2v) is 10.0. The molecule has 1 amide bonds. The molecule has 2 saturated heterocycles. The van der Waals surface area contributed by atoms with Gasteiger partial charge in [-0.1, -0.05) is 23.4 Å². The minimum atomic E-state index is -0.0182. The molecule has 1 atom stereocenters. The Kier molecular flexibility index (Phi) is 6.53. The average molecular weight is 497 g/mol. The Balaban J connectivity index is 1.11. The fourth-order valence-corrected chi connectivity index (χ4v) is 5.66. The summed E-state index contributed by atoms with van der Waals surface area (Å²) < 4.78 is 1.78. The molecule has 9 heteroatoms. The maximum absolute atomic E-state index is 13.5. The van der Waals surface area contributed by atoms with Gasteiger partial charge in [-0.3, -0.25) is 14.7 Å². The van der Waals surface area contributed by atoms with Gasteiger partial charge in [-0.2, -0.15) is 0 Å². The van der Waals surface area contributed by atoms with Crippen molar-refractivity contribution in [2.24, 2.45) is 5.92 Å². The smallest absolute Gasteiger partial charge is 0.276 e. The number of nitrogens with zero attached hydrogens (tertiary/aromatic N) is 8. The molecule has 0 aliphatic carbocycles. The summed E-state index contributed by atoms with van der Waals surface area (Å²) in [6, 6.07) is 14.1. The van der Waals surface area contributed by atoms with E-state index in [-0.39, 0.29) is 5.91 Å². The molecule has 2 aliphatic rings. The van der Waals surface area contributed by atoms with Crippen molar-refractivity contribution in [3.05, 3.63) is 72.4 Å². The number of piperazine rings is 1. The van der Waals surface area contributed by atoms with Crippen molar-refractivity contribution in [3.63, 3.8) is 0 Å². The summed E-state index contributed by atoms with van der Waals surface area (Å²) in [5.74, 6) is 1.51. The van der Waals surface area contributed by atoms with Crippen molar-refractivity contribution in [2.45, 2.75) is 19.8 Å². The van der Waals surface area contributed by atoms with Crippen molar-refractivity contribution >= 4 is 22.5 Å². The zero-order chi connectivity index (χ0) is 25.2. The van der Waals surface area contributed by atoms with Crippen molar-refractivity contribution < 1.29 is 4.79 Å². The van der Waals surface area contributed by atoms with Crippen LogP contribution in [0.2, 0.25) is 0 Å². The summed E-state index contributed by atoms with van der Waals surface area (Å²) in [6.07, 6.45) is 7.64. The highest BCUT2D eigenvalue weighted by Gasteiger charge is 2.30. The molecule has 2 fully saturated rings. The van der Waals surface area contributed by atoms with Crippen LogP contribution in [0.3, 0.4) is 0 Å². The van der Waals surface area contributed by atoms with E-state index in [1.54, 1.807) is 10.9 Å². The number of piperidine rings is 1. The fraction of sp³-hybridized carbons (Fsp3) is 0.393. The highest BCUT2D eigenvalue weighted by atomic mass is 16.2. The van der Waals surface area contributed by atoms with Gasteiger partial charge in [0.15, 0.2) is 5.69 Å². The van der Waals surface area contributed by atoms with Gasteiger partial charge in [0.2, 0.25) is 0 Å². The van der Waals surface area contributed by atoms with Crippen molar-refractivity contribution in [1.29, 1.82) is 0 Å². The van der Waals surface area contributed by atoms with Gasteiger partial charge in [-0.15, -0.1) is 5.10 Å². The van der Waals surface area contributed by atoms with E-state index in [0.29, 0.717) is 11.6 Å². The Bertz CT molecular complexity index is 1370. The number of pyridine rings is 2. The molecule has 5 heterocycles. The molecule has 0 spiro atoms. The highest BCUT2D eigenvalue weighted by molar-refractivity contribution is 5.94. The molecule has 1 unspecified atom stereocenters. The van der Waals surface area contributed by atoms with Crippen molar-refractivity contribution in [2.75, 3.05) is 50.7 Å². The minimum Gasteiger partial charge on any atom is -0.354 e. The van der Waals surface area contributed by atoms with Crippen LogP contribution >= 0.6 is 0 Å². The molecule has 0 radical (unpaired) electrons. The maximum Gasteiger partial charge on any atom is 0.276 e. The zero-order valence-corrected chi connectivity index (χ0v) is 21.2. The molecular weight excluding hydrogens is 464 g/mol. The van der Waals surface area contributed by atoms with Crippen molar-refractivity contribution in [1.82, 2.24) is 34.8 Å². The number of amides is 1. The summed E-state index contributed by atoms with van der Waals surface area (Å²) in [5, 5.41) is 10.8. The van der Waals surface area contributed by atoms with Gasteiger partial charge in [-0.05, 0) is 49.9 Å². The number of carbonyl (C=O) groups excluding carboxylic acids is 1. The lowest BCUT2D eigenvalue weighted by Crippen LogP contribution is -2.50. The van der Waals surface area contributed by atoms with Crippen LogP contribution in [0.1, 0.15) is 29.0 Å². The Morgan fingerprint density at radius 3 is 2.73 bits per heavy atom. The van der Waals surface area contributed by atoms with Gasteiger partial charge < -0.3 is 9.80 Å². The summed E-state index contributed by atoms with van der Waals surface area (Å²) in [6.45, 7) is 8.51. The number of hydrogen-bond acceptors (Lipinski definition) is 7. The molecule has 190 valence electrons. The lowest BCUT2D eigenvalue weighted by atomic mass is 9.96. The molecule has 3 aromatic heterocycles. The first-order valence-corrected chi connectivity index (χ1v) is 13.1. The number of anilines is 1. The summed E-state index contributed by atoms with van der Waals surface area (Å²) in [7, 11) is 0. The number of carbonyl (C=O) groups is 1. The van der Waals surface area contributed by atoms with Crippen LogP contribution in [-0.4, -0.2) is 86.5 Å². The zero-order valence-electron chi connectivity index (χ0n) is 21.2. The first-order valence-electron chi connectivity index (χ1n) is 13.1. The third-order valence-electron chi connectivity index (χ3n) is 7.65. The SMILES string of the molecule is Cc1c(C(=O)N2CCCC(CN3CCN(c4ccccn4)CC3)C2)nnn1-c1cccc2cnccc12. The maximum atomic E-state index is 13.5. The second kappa shape index (κ2) is 10.3. The van der Waals surface area contributed by atoms with E-state index in [0.717, 1.165) is 86.6 Å². The van der Waals surface area contributed by atoms with E-state index in [4.69, 9.17) is 0 Å². The van der Waals surface area contributed by atoms with Crippen LogP contribution < -0.4 is 4.90 Å². The average Bonchev–Trinajstić information content (AvgIpc) is 3.34. The monoisotopic (exact) mass is 496 g/mol. The Morgan fingerprint density at radius 2 is 1.89 bits per heavy atom. The van der Waals surface area contributed by atoms with E-state index < -0.39 is 0 Å². The number of aromatic nitrogens is 5. The predicted octanol–water partition coefficient (Wildman–Crippen LogP) is 3.19. The molecule has 0 saturated carbocycles. The van der Waals surface area contributed by atoms with Gasteiger partial charge >= 0.3 is 0 Å². The summed E-state index contributed by atoms with van der Waals surface area (Å²) in [5.41, 5.74) is 2.11. The fourth-order valence-electron chi connectivity index (χ4n) is 5.66. The number of likely N-dealkylation sites (tertiary alicyclic amines) is 1. The number of hydrogen-bond donors (Lipinski definition) is 0.